The molecule has 0 bridgehead atoms. The van der Waals surface area contributed by atoms with Gasteiger partial charge in [-0.2, -0.15) is 10.5 Å². The Labute approximate surface area is 306 Å². The number of ether oxygens (including phenoxy) is 5. The van der Waals surface area contributed by atoms with E-state index in [-0.39, 0.29) is 30.1 Å². The molecule has 0 saturated carbocycles. The summed E-state index contributed by atoms with van der Waals surface area (Å²) in [5, 5.41) is 18.7. The highest BCUT2D eigenvalue weighted by molar-refractivity contribution is 8.14. The van der Waals surface area contributed by atoms with E-state index in [1.165, 1.54) is 24.3 Å². The SMILES string of the molecule is C=CC(=O)OCCCCOc1ccc(/C=C(\C#N)C(=O)Oc2ccc(SC(=O)/C(C#N)=C/c3ccc(OCCCCOC(=O)C=C)cc3)cc2)cc1. The number of unbranched alkanes of at least 4 members (excludes halogenated alkanes) is 2. The average Bonchev–Trinajstić information content (AvgIpc) is 3.16. The van der Waals surface area contributed by atoms with Crippen LogP contribution in [0, 0.1) is 22.7 Å². The Morgan fingerprint density at radius 2 is 1.02 bits per heavy atom. The zero-order valence-corrected chi connectivity index (χ0v) is 29.1. The lowest BCUT2D eigenvalue weighted by molar-refractivity contribution is -0.138. The van der Waals surface area contributed by atoms with Gasteiger partial charge in [0.25, 0.3) is 0 Å². The third kappa shape index (κ3) is 14.6. The van der Waals surface area contributed by atoms with E-state index in [9.17, 15) is 29.7 Å². The van der Waals surface area contributed by atoms with Crippen LogP contribution in [0.5, 0.6) is 17.2 Å². The molecule has 0 amide bonds. The number of esters is 3. The van der Waals surface area contributed by atoms with Crippen LogP contribution in [0.1, 0.15) is 36.8 Å². The van der Waals surface area contributed by atoms with Gasteiger partial charge in [-0.05, 0) is 109 Å². The van der Waals surface area contributed by atoms with Crippen LogP contribution in [-0.4, -0.2) is 49.5 Å². The first-order chi connectivity index (χ1) is 25.2. The van der Waals surface area contributed by atoms with Gasteiger partial charge in [-0.15, -0.1) is 0 Å². The molecule has 0 spiro atoms. The summed E-state index contributed by atoms with van der Waals surface area (Å²) in [6, 6.07) is 23.6. The molecule has 0 aromatic heterocycles. The van der Waals surface area contributed by atoms with E-state index in [0.29, 0.717) is 66.4 Å². The van der Waals surface area contributed by atoms with Crippen molar-refractivity contribution >= 4 is 46.9 Å². The van der Waals surface area contributed by atoms with Crippen LogP contribution in [0.3, 0.4) is 0 Å². The normalized spacial score (nSPS) is 10.9. The third-order valence-corrected chi connectivity index (χ3v) is 7.66. The first-order valence-corrected chi connectivity index (χ1v) is 16.9. The summed E-state index contributed by atoms with van der Waals surface area (Å²) >= 11 is 0.844. The van der Waals surface area contributed by atoms with Crippen molar-refractivity contribution in [2.24, 2.45) is 0 Å². The minimum atomic E-state index is -0.853. The fourth-order valence-corrected chi connectivity index (χ4v) is 4.78. The lowest BCUT2D eigenvalue weighted by Gasteiger charge is -2.07. The van der Waals surface area contributed by atoms with Gasteiger partial charge in [0.1, 0.15) is 40.5 Å². The first-order valence-electron chi connectivity index (χ1n) is 16.1. The Bertz CT molecular complexity index is 1710. The maximum Gasteiger partial charge on any atom is 0.354 e. The Kier molecular flexibility index (Phi) is 17.2. The number of hydrogen-bond donors (Lipinski definition) is 0. The molecule has 0 aliphatic carbocycles. The smallest absolute Gasteiger partial charge is 0.354 e. The van der Waals surface area contributed by atoms with E-state index in [0.717, 1.165) is 23.9 Å². The number of rotatable bonds is 20. The highest BCUT2D eigenvalue weighted by Crippen LogP contribution is 2.26. The predicted molar refractivity (Wildman–Crippen MR) is 195 cm³/mol. The van der Waals surface area contributed by atoms with Crippen LogP contribution in [0.2, 0.25) is 0 Å². The number of nitriles is 2. The largest absolute Gasteiger partial charge is 0.494 e. The lowest BCUT2D eigenvalue weighted by atomic mass is 10.1. The highest BCUT2D eigenvalue weighted by atomic mass is 32.2. The van der Waals surface area contributed by atoms with Gasteiger partial charge in [-0.25, -0.2) is 14.4 Å². The molecule has 52 heavy (non-hydrogen) atoms. The van der Waals surface area contributed by atoms with Gasteiger partial charge in [-0.3, -0.25) is 4.79 Å². The van der Waals surface area contributed by atoms with Gasteiger partial charge < -0.3 is 23.7 Å². The molecule has 0 unspecified atom stereocenters. The third-order valence-electron chi connectivity index (χ3n) is 6.74. The van der Waals surface area contributed by atoms with E-state index in [2.05, 4.69) is 13.2 Å². The average molecular weight is 721 g/mol. The summed E-state index contributed by atoms with van der Waals surface area (Å²) in [6.07, 6.45) is 7.76. The molecule has 266 valence electrons. The molecule has 0 aliphatic heterocycles. The number of nitrogens with zero attached hydrogens (tertiary/aromatic N) is 2. The Balaban J connectivity index is 1.47. The first kappa shape index (κ1) is 40.1. The molecule has 12 heteroatoms. The molecule has 3 aromatic rings. The van der Waals surface area contributed by atoms with Crippen molar-refractivity contribution in [3.8, 4) is 29.4 Å². The molecule has 0 atom stereocenters. The molecular formula is C40H36N2O9S. The van der Waals surface area contributed by atoms with Gasteiger partial charge in [-0.1, -0.05) is 37.4 Å². The summed E-state index contributed by atoms with van der Waals surface area (Å²) in [4.78, 5) is 48.2. The lowest BCUT2D eigenvalue weighted by Crippen LogP contribution is -2.10. The second-order valence-corrected chi connectivity index (χ2v) is 11.6. The number of benzene rings is 3. The van der Waals surface area contributed by atoms with Crippen molar-refractivity contribution in [1.82, 2.24) is 0 Å². The van der Waals surface area contributed by atoms with Crippen LogP contribution >= 0.6 is 11.8 Å². The quantitative estimate of drug-likeness (QED) is 0.0289. The van der Waals surface area contributed by atoms with Crippen molar-refractivity contribution < 1.29 is 42.9 Å². The van der Waals surface area contributed by atoms with Crippen molar-refractivity contribution in [3.05, 3.63) is 120 Å². The molecular weight excluding hydrogens is 685 g/mol. The minimum Gasteiger partial charge on any atom is -0.494 e. The van der Waals surface area contributed by atoms with Crippen molar-refractivity contribution in [1.29, 1.82) is 10.5 Å². The van der Waals surface area contributed by atoms with Crippen LogP contribution in [0.25, 0.3) is 12.2 Å². The highest BCUT2D eigenvalue weighted by Gasteiger charge is 2.15. The second kappa shape index (κ2) is 22.4. The number of hydrogen-bond acceptors (Lipinski definition) is 12. The molecule has 0 heterocycles. The van der Waals surface area contributed by atoms with Gasteiger partial charge in [0.2, 0.25) is 5.12 Å². The zero-order chi connectivity index (χ0) is 37.6. The number of thioether (sulfide) groups is 1. The van der Waals surface area contributed by atoms with E-state index in [1.807, 2.05) is 12.1 Å². The van der Waals surface area contributed by atoms with E-state index in [1.54, 1.807) is 60.7 Å². The van der Waals surface area contributed by atoms with Crippen molar-refractivity contribution in [2.75, 3.05) is 26.4 Å². The van der Waals surface area contributed by atoms with E-state index >= 15 is 0 Å². The Morgan fingerprint density at radius 3 is 1.46 bits per heavy atom. The molecule has 0 aliphatic rings. The molecule has 0 radical (unpaired) electrons. The number of carbonyl (C=O) groups is 4. The molecule has 0 saturated heterocycles. The molecule has 11 nitrogen and oxygen atoms in total. The standard InChI is InChI=1S/C40H36N2O9S/c1-3-37(43)49-23-7-5-21-47-33-13-9-29(10-14-33)25-31(27-41)39(45)51-35-17-19-36(20-18-35)52-40(46)32(28-42)26-30-11-15-34(16-12-30)48-22-6-8-24-50-38(44)4-2/h3-4,9-20,25-26H,1-2,5-8,21-24H2/b31-25+,32-26+. The van der Waals surface area contributed by atoms with Crippen molar-refractivity contribution in [2.45, 2.75) is 30.6 Å². The molecule has 0 N–H and O–H groups in total. The topological polar surface area (TPSA) is 162 Å². The van der Waals surface area contributed by atoms with Crippen LogP contribution in [0.4, 0.5) is 0 Å². The summed E-state index contributed by atoms with van der Waals surface area (Å²) < 4.78 is 26.5. The maximum atomic E-state index is 12.9. The summed E-state index contributed by atoms with van der Waals surface area (Å²) in [6.45, 7) is 8.11. The van der Waals surface area contributed by atoms with Gasteiger partial charge in [0, 0.05) is 17.0 Å². The minimum absolute atomic E-state index is 0.0598. The molecule has 0 fully saturated rings. The van der Waals surface area contributed by atoms with E-state index in [4.69, 9.17) is 23.7 Å². The number of carbonyl (C=O) groups excluding carboxylic acids is 4. The van der Waals surface area contributed by atoms with E-state index < -0.39 is 23.0 Å². The molecule has 3 rings (SSSR count). The summed E-state index contributed by atoms with van der Waals surface area (Å²) in [5.74, 6) is -0.387. The Morgan fingerprint density at radius 1 is 0.596 bits per heavy atom. The monoisotopic (exact) mass is 720 g/mol. The second-order valence-electron chi connectivity index (χ2n) is 10.6. The van der Waals surface area contributed by atoms with Crippen LogP contribution < -0.4 is 14.2 Å². The van der Waals surface area contributed by atoms with Crippen LogP contribution in [-0.2, 0) is 28.7 Å². The van der Waals surface area contributed by atoms with Gasteiger partial charge in [0.05, 0.1) is 26.4 Å². The fraction of sp³-hybridized carbons (Fsp3) is 0.200. The maximum absolute atomic E-state index is 12.9. The predicted octanol–water partition coefficient (Wildman–Crippen LogP) is 7.20. The molecule has 3 aromatic carbocycles. The fourth-order valence-electron chi connectivity index (χ4n) is 4.08. The van der Waals surface area contributed by atoms with Gasteiger partial charge >= 0.3 is 17.9 Å². The van der Waals surface area contributed by atoms with Gasteiger partial charge in [0.15, 0.2) is 0 Å². The summed E-state index contributed by atoms with van der Waals surface area (Å²) in [5.41, 5.74) is 0.948. The van der Waals surface area contributed by atoms with Crippen LogP contribution in [0.15, 0.2) is 114 Å². The van der Waals surface area contributed by atoms with Crippen molar-refractivity contribution in [3.63, 3.8) is 0 Å². The summed E-state index contributed by atoms with van der Waals surface area (Å²) in [7, 11) is 0. The Hall–Kier alpha value is -6.37. The zero-order valence-electron chi connectivity index (χ0n) is 28.3.